The molecular formula is C26H28ClN5. The molecule has 1 N–H and O–H groups in total. The molecule has 32 heavy (non-hydrogen) atoms. The Bertz CT molecular complexity index is 1200. The zero-order chi connectivity index (χ0) is 22.7. The van der Waals surface area contributed by atoms with Gasteiger partial charge in [0.15, 0.2) is 0 Å². The number of pyridine rings is 2. The summed E-state index contributed by atoms with van der Waals surface area (Å²) in [6.45, 7) is 4.36. The lowest BCUT2D eigenvalue weighted by atomic mass is 9.96. The molecule has 1 unspecified atom stereocenters. The average molecular weight is 446 g/mol. The van der Waals surface area contributed by atoms with Crippen molar-refractivity contribution in [1.82, 2.24) is 25.1 Å². The first-order chi connectivity index (χ1) is 15.5. The third-order valence-electron chi connectivity index (χ3n) is 5.81. The number of aromatic nitrogens is 4. The normalized spacial score (nSPS) is 12.3. The van der Waals surface area contributed by atoms with E-state index in [1.165, 1.54) is 5.56 Å². The van der Waals surface area contributed by atoms with Gasteiger partial charge in [0.25, 0.3) is 0 Å². The SMILES string of the molecule is CCCC(c1nccc(-c2cc(-c3cc(-c4ccc(Cl)cc4)[nH]n3)ccn2)c1C)N(C)C. The van der Waals surface area contributed by atoms with Crippen LogP contribution in [0.5, 0.6) is 0 Å². The molecule has 3 heterocycles. The van der Waals surface area contributed by atoms with Gasteiger partial charge in [-0.05, 0) is 75.0 Å². The molecule has 0 amide bonds. The van der Waals surface area contributed by atoms with Gasteiger partial charge in [0.2, 0.25) is 0 Å². The Labute approximate surface area is 194 Å². The summed E-state index contributed by atoms with van der Waals surface area (Å²) in [5, 5.41) is 8.38. The zero-order valence-corrected chi connectivity index (χ0v) is 19.7. The second-order valence-electron chi connectivity index (χ2n) is 8.24. The standard InChI is InChI=1S/C26H28ClN5/c1-5-6-25(32(3)4)26-17(2)21(12-14-29-26)24-15-19(11-13-28-24)23-16-22(30-31-23)18-7-9-20(27)10-8-18/h7-16,25H,5-6H2,1-4H3,(H,30,31). The van der Waals surface area contributed by atoms with Crippen molar-refractivity contribution in [3.8, 4) is 33.8 Å². The highest BCUT2D eigenvalue weighted by Gasteiger charge is 2.19. The Kier molecular flexibility index (Phi) is 6.68. The van der Waals surface area contributed by atoms with Crippen LogP contribution >= 0.6 is 11.6 Å². The minimum atomic E-state index is 0.288. The lowest BCUT2D eigenvalue weighted by molar-refractivity contribution is 0.275. The monoisotopic (exact) mass is 445 g/mol. The molecule has 0 aliphatic carbocycles. The molecule has 0 saturated carbocycles. The fourth-order valence-electron chi connectivity index (χ4n) is 4.06. The van der Waals surface area contributed by atoms with Crippen molar-refractivity contribution in [2.24, 2.45) is 0 Å². The van der Waals surface area contributed by atoms with Crippen LogP contribution < -0.4 is 0 Å². The minimum absolute atomic E-state index is 0.288. The largest absolute Gasteiger partial charge is 0.301 e. The van der Waals surface area contributed by atoms with E-state index in [-0.39, 0.29) is 6.04 Å². The van der Waals surface area contributed by atoms with Crippen molar-refractivity contribution >= 4 is 11.6 Å². The molecule has 6 heteroatoms. The molecule has 0 aliphatic heterocycles. The van der Waals surface area contributed by atoms with Crippen LogP contribution in [0.25, 0.3) is 33.8 Å². The number of nitrogens with one attached hydrogen (secondary N) is 1. The van der Waals surface area contributed by atoms with Crippen molar-refractivity contribution in [3.05, 3.63) is 77.2 Å². The Balaban J connectivity index is 1.68. The second kappa shape index (κ2) is 9.63. The summed E-state index contributed by atoms with van der Waals surface area (Å²) in [6.07, 6.45) is 5.91. The summed E-state index contributed by atoms with van der Waals surface area (Å²) in [7, 11) is 4.23. The Hall–Kier alpha value is -3.02. The fourth-order valence-corrected chi connectivity index (χ4v) is 4.19. The first-order valence-corrected chi connectivity index (χ1v) is 11.3. The van der Waals surface area contributed by atoms with Gasteiger partial charge in [0.1, 0.15) is 0 Å². The topological polar surface area (TPSA) is 57.7 Å². The number of halogens is 1. The molecule has 5 nitrogen and oxygen atoms in total. The minimum Gasteiger partial charge on any atom is -0.301 e. The summed E-state index contributed by atoms with van der Waals surface area (Å²) in [5.74, 6) is 0. The van der Waals surface area contributed by atoms with Crippen LogP contribution in [-0.2, 0) is 0 Å². The number of H-pyrrole nitrogens is 1. The molecule has 0 aliphatic rings. The van der Waals surface area contributed by atoms with Gasteiger partial charge >= 0.3 is 0 Å². The second-order valence-corrected chi connectivity index (χ2v) is 8.68. The number of hydrogen-bond donors (Lipinski definition) is 1. The predicted molar refractivity (Wildman–Crippen MR) is 132 cm³/mol. The van der Waals surface area contributed by atoms with Crippen LogP contribution in [0.15, 0.2) is 60.9 Å². The summed E-state index contributed by atoms with van der Waals surface area (Å²) in [4.78, 5) is 11.6. The van der Waals surface area contributed by atoms with Crippen molar-refractivity contribution < 1.29 is 0 Å². The van der Waals surface area contributed by atoms with Crippen molar-refractivity contribution in [2.75, 3.05) is 14.1 Å². The van der Waals surface area contributed by atoms with E-state index in [0.29, 0.717) is 0 Å². The third-order valence-corrected chi connectivity index (χ3v) is 6.06. The van der Waals surface area contributed by atoms with Gasteiger partial charge in [0, 0.05) is 28.5 Å². The van der Waals surface area contributed by atoms with Gasteiger partial charge in [0.05, 0.1) is 28.8 Å². The maximum Gasteiger partial charge on any atom is 0.0928 e. The van der Waals surface area contributed by atoms with Crippen LogP contribution in [0.2, 0.25) is 5.02 Å². The lowest BCUT2D eigenvalue weighted by Crippen LogP contribution is -2.22. The molecular weight excluding hydrogens is 418 g/mol. The summed E-state index contributed by atoms with van der Waals surface area (Å²) in [5.41, 5.74) is 8.21. The number of aromatic amines is 1. The highest BCUT2D eigenvalue weighted by molar-refractivity contribution is 6.30. The Morgan fingerprint density at radius 3 is 2.41 bits per heavy atom. The van der Waals surface area contributed by atoms with E-state index in [1.54, 1.807) is 0 Å². The smallest absolute Gasteiger partial charge is 0.0928 e. The molecule has 0 spiro atoms. The first kappa shape index (κ1) is 22.2. The number of benzene rings is 1. The number of hydrogen-bond acceptors (Lipinski definition) is 4. The third kappa shape index (κ3) is 4.59. The Morgan fingerprint density at radius 1 is 0.938 bits per heavy atom. The van der Waals surface area contributed by atoms with E-state index in [0.717, 1.165) is 57.3 Å². The van der Waals surface area contributed by atoms with Gasteiger partial charge in [-0.3, -0.25) is 15.1 Å². The molecule has 164 valence electrons. The van der Waals surface area contributed by atoms with E-state index in [9.17, 15) is 0 Å². The van der Waals surface area contributed by atoms with Crippen molar-refractivity contribution in [2.45, 2.75) is 32.7 Å². The molecule has 1 atom stereocenters. The lowest BCUT2D eigenvalue weighted by Gasteiger charge is -2.25. The summed E-state index contributed by atoms with van der Waals surface area (Å²) in [6, 6.07) is 16.2. The summed E-state index contributed by atoms with van der Waals surface area (Å²) < 4.78 is 0. The fraction of sp³-hybridized carbons (Fsp3) is 0.269. The maximum atomic E-state index is 6.01. The van der Waals surface area contributed by atoms with Crippen LogP contribution in [0.1, 0.15) is 37.1 Å². The molecule has 0 fully saturated rings. The predicted octanol–water partition coefficient (Wildman–Crippen LogP) is 6.57. The van der Waals surface area contributed by atoms with Gasteiger partial charge in [-0.15, -0.1) is 0 Å². The van der Waals surface area contributed by atoms with Gasteiger partial charge < -0.3 is 4.90 Å². The van der Waals surface area contributed by atoms with E-state index in [2.05, 4.69) is 60.2 Å². The van der Waals surface area contributed by atoms with E-state index < -0.39 is 0 Å². The Morgan fingerprint density at radius 2 is 1.69 bits per heavy atom. The van der Waals surface area contributed by atoms with Gasteiger partial charge in [-0.1, -0.05) is 37.1 Å². The average Bonchev–Trinajstić information content (AvgIpc) is 3.29. The van der Waals surface area contributed by atoms with Crippen LogP contribution in [-0.4, -0.2) is 39.2 Å². The number of rotatable bonds is 7. The summed E-state index contributed by atoms with van der Waals surface area (Å²) >= 11 is 6.01. The number of nitrogens with zero attached hydrogens (tertiary/aromatic N) is 4. The van der Waals surface area contributed by atoms with E-state index >= 15 is 0 Å². The molecule has 0 radical (unpaired) electrons. The molecule has 4 rings (SSSR count). The van der Waals surface area contributed by atoms with Crippen LogP contribution in [0.3, 0.4) is 0 Å². The zero-order valence-electron chi connectivity index (χ0n) is 18.9. The van der Waals surface area contributed by atoms with Gasteiger partial charge in [-0.2, -0.15) is 5.10 Å². The van der Waals surface area contributed by atoms with E-state index in [1.807, 2.05) is 48.8 Å². The van der Waals surface area contributed by atoms with Crippen molar-refractivity contribution in [1.29, 1.82) is 0 Å². The molecule has 1 aromatic carbocycles. The van der Waals surface area contributed by atoms with Crippen molar-refractivity contribution in [3.63, 3.8) is 0 Å². The molecule has 4 aromatic rings. The molecule has 0 saturated heterocycles. The maximum absolute atomic E-state index is 6.01. The molecule has 0 bridgehead atoms. The van der Waals surface area contributed by atoms with Crippen LogP contribution in [0.4, 0.5) is 0 Å². The first-order valence-electron chi connectivity index (χ1n) is 10.9. The highest BCUT2D eigenvalue weighted by atomic mass is 35.5. The quantitative estimate of drug-likeness (QED) is 0.349. The van der Waals surface area contributed by atoms with Crippen LogP contribution in [0, 0.1) is 6.92 Å². The van der Waals surface area contributed by atoms with E-state index in [4.69, 9.17) is 16.6 Å². The van der Waals surface area contributed by atoms with Gasteiger partial charge in [-0.25, -0.2) is 0 Å². The highest BCUT2D eigenvalue weighted by Crippen LogP contribution is 2.32. The molecule has 3 aromatic heterocycles.